The van der Waals surface area contributed by atoms with Crippen molar-refractivity contribution < 1.29 is 4.92 Å². The number of nitrogens with zero attached hydrogens (tertiary/aromatic N) is 3. The van der Waals surface area contributed by atoms with Gasteiger partial charge in [0.15, 0.2) is 0 Å². The normalized spacial score (nSPS) is 10.5. The average molecular weight is 306 g/mol. The zero-order valence-corrected chi connectivity index (χ0v) is 10.8. The Labute approximate surface area is 105 Å². The molecule has 0 radical (unpaired) electrons. The Morgan fingerprint density at radius 2 is 2.12 bits per heavy atom. The molecule has 0 fully saturated rings. The van der Waals surface area contributed by atoms with Gasteiger partial charge in [0.25, 0.3) is 0 Å². The van der Waals surface area contributed by atoms with Crippen LogP contribution < -0.4 is 11.2 Å². The maximum atomic E-state index is 11.8. The van der Waals surface area contributed by atoms with Crippen LogP contribution in [0.1, 0.15) is 13.3 Å². The number of aryl methyl sites for hydroxylation is 1. The summed E-state index contributed by atoms with van der Waals surface area (Å²) in [6, 6.07) is 0. The molecule has 0 unspecified atom stereocenters. The van der Waals surface area contributed by atoms with Crippen LogP contribution in [-0.2, 0) is 13.1 Å². The van der Waals surface area contributed by atoms with Gasteiger partial charge in [-0.25, -0.2) is 4.79 Å². The van der Waals surface area contributed by atoms with Gasteiger partial charge in [-0.15, -0.1) is 0 Å². The van der Waals surface area contributed by atoms with Crippen molar-refractivity contribution in [1.29, 1.82) is 0 Å². The Kier molecular flexibility index (Phi) is 4.62. The van der Waals surface area contributed by atoms with E-state index >= 15 is 0 Å². The molecule has 0 aliphatic rings. The smallest absolute Gasteiger partial charge is 0.294 e. The zero-order valence-electron chi connectivity index (χ0n) is 9.26. The molecule has 1 heterocycles. The molecule has 0 atom stereocenters. The lowest BCUT2D eigenvalue weighted by Gasteiger charge is -2.07. The van der Waals surface area contributed by atoms with Gasteiger partial charge < -0.3 is 0 Å². The van der Waals surface area contributed by atoms with E-state index in [9.17, 15) is 19.7 Å². The van der Waals surface area contributed by atoms with E-state index in [1.807, 2.05) is 0 Å². The van der Waals surface area contributed by atoms with E-state index in [4.69, 9.17) is 0 Å². The molecule has 0 amide bonds. The van der Waals surface area contributed by atoms with Crippen LogP contribution in [0.4, 0.5) is 5.69 Å². The van der Waals surface area contributed by atoms with Gasteiger partial charge >= 0.3 is 16.9 Å². The molecule has 7 nitrogen and oxygen atoms in total. The number of hydrogen-bond acceptors (Lipinski definition) is 4. The van der Waals surface area contributed by atoms with Crippen LogP contribution in [0.15, 0.2) is 15.8 Å². The van der Waals surface area contributed by atoms with Crippen molar-refractivity contribution in [3.05, 3.63) is 37.1 Å². The van der Waals surface area contributed by atoms with Gasteiger partial charge in [0, 0.05) is 18.4 Å². The van der Waals surface area contributed by atoms with Crippen LogP contribution in [0.25, 0.3) is 0 Å². The standard InChI is InChI=1S/C9H12BrN3O4/c1-2-11-6-7(13(16)17)8(14)12(9(11)15)5-3-4-10/h6H,2-5H2,1H3. The highest BCUT2D eigenvalue weighted by Gasteiger charge is 2.18. The number of nitro groups is 1. The highest BCUT2D eigenvalue weighted by molar-refractivity contribution is 9.09. The minimum Gasteiger partial charge on any atom is -0.294 e. The SMILES string of the molecule is CCn1cc([N+](=O)[O-])c(=O)n(CCCBr)c1=O. The Hall–Kier alpha value is -1.44. The van der Waals surface area contributed by atoms with Crippen LogP contribution in [0.2, 0.25) is 0 Å². The largest absolute Gasteiger partial charge is 0.350 e. The number of halogens is 1. The first-order valence-electron chi connectivity index (χ1n) is 5.07. The minimum atomic E-state index is -0.842. The Morgan fingerprint density at radius 3 is 2.59 bits per heavy atom. The molecule has 8 heteroatoms. The first kappa shape index (κ1) is 13.6. The van der Waals surface area contributed by atoms with Crippen molar-refractivity contribution >= 4 is 21.6 Å². The molecule has 17 heavy (non-hydrogen) atoms. The lowest BCUT2D eigenvalue weighted by Crippen LogP contribution is -2.40. The molecule has 0 aliphatic carbocycles. The summed E-state index contributed by atoms with van der Waals surface area (Å²) in [6.07, 6.45) is 1.55. The zero-order chi connectivity index (χ0) is 13.0. The quantitative estimate of drug-likeness (QED) is 0.456. The third-order valence-electron chi connectivity index (χ3n) is 2.27. The molecule has 0 spiro atoms. The second-order valence-corrected chi connectivity index (χ2v) is 4.13. The Bertz CT molecular complexity index is 534. The van der Waals surface area contributed by atoms with E-state index in [0.29, 0.717) is 11.8 Å². The average Bonchev–Trinajstić information content (AvgIpc) is 2.29. The second-order valence-electron chi connectivity index (χ2n) is 3.34. The molecule has 1 aromatic rings. The van der Waals surface area contributed by atoms with Gasteiger partial charge in [0.05, 0.1) is 11.1 Å². The van der Waals surface area contributed by atoms with Gasteiger partial charge in [-0.2, -0.15) is 0 Å². The fraction of sp³-hybridized carbons (Fsp3) is 0.556. The van der Waals surface area contributed by atoms with Crippen molar-refractivity contribution in [1.82, 2.24) is 9.13 Å². The van der Waals surface area contributed by atoms with Crippen molar-refractivity contribution in [2.45, 2.75) is 26.4 Å². The van der Waals surface area contributed by atoms with Gasteiger partial charge in [-0.1, -0.05) is 15.9 Å². The van der Waals surface area contributed by atoms with E-state index in [0.717, 1.165) is 15.3 Å². The molecule has 94 valence electrons. The number of hydrogen-bond donors (Lipinski definition) is 0. The molecule has 0 N–H and O–H groups in total. The van der Waals surface area contributed by atoms with E-state index in [1.54, 1.807) is 6.92 Å². The number of rotatable bonds is 5. The van der Waals surface area contributed by atoms with Gasteiger partial charge in [-0.05, 0) is 13.3 Å². The van der Waals surface area contributed by atoms with Crippen LogP contribution in [-0.4, -0.2) is 19.4 Å². The van der Waals surface area contributed by atoms with Crippen molar-refractivity contribution in [2.75, 3.05) is 5.33 Å². The van der Waals surface area contributed by atoms with E-state index in [-0.39, 0.29) is 13.1 Å². The minimum absolute atomic E-state index is 0.171. The summed E-state index contributed by atoms with van der Waals surface area (Å²) in [6.45, 7) is 2.14. The van der Waals surface area contributed by atoms with E-state index in [2.05, 4.69) is 15.9 Å². The van der Waals surface area contributed by atoms with Gasteiger partial charge in [0.2, 0.25) is 0 Å². The lowest BCUT2D eigenvalue weighted by molar-refractivity contribution is -0.387. The summed E-state index contributed by atoms with van der Waals surface area (Å²) in [5, 5.41) is 11.3. The van der Waals surface area contributed by atoms with E-state index < -0.39 is 21.9 Å². The van der Waals surface area contributed by atoms with Crippen LogP contribution in [0, 0.1) is 10.1 Å². The summed E-state index contributed by atoms with van der Waals surface area (Å²) in [4.78, 5) is 33.4. The molecule has 0 saturated heterocycles. The Morgan fingerprint density at radius 1 is 1.47 bits per heavy atom. The molecule has 1 aromatic heterocycles. The molecule has 0 saturated carbocycles. The van der Waals surface area contributed by atoms with E-state index in [1.165, 1.54) is 0 Å². The third-order valence-corrected chi connectivity index (χ3v) is 2.83. The highest BCUT2D eigenvalue weighted by Crippen LogP contribution is 2.01. The first-order chi connectivity index (χ1) is 8.02. The first-order valence-corrected chi connectivity index (χ1v) is 6.19. The summed E-state index contributed by atoms with van der Waals surface area (Å²) in [5.41, 5.74) is -1.92. The predicted molar refractivity (Wildman–Crippen MR) is 65.7 cm³/mol. The number of alkyl halides is 1. The van der Waals surface area contributed by atoms with Gasteiger partial charge in [-0.3, -0.25) is 24.0 Å². The topological polar surface area (TPSA) is 87.1 Å². The monoisotopic (exact) mass is 305 g/mol. The van der Waals surface area contributed by atoms with Crippen molar-refractivity contribution in [3.63, 3.8) is 0 Å². The molecular formula is C9H12BrN3O4. The summed E-state index contributed by atoms with van der Waals surface area (Å²) < 4.78 is 2.07. The summed E-state index contributed by atoms with van der Waals surface area (Å²) in [7, 11) is 0. The predicted octanol–water partition coefficient (Wildman–Crippen LogP) is 0.723. The fourth-order valence-corrected chi connectivity index (χ4v) is 1.66. The van der Waals surface area contributed by atoms with Crippen LogP contribution >= 0.6 is 15.9 Å². The Balaban J connectivity index is 3.45. The highest BCUT2D eigenvalue weighted by atomic mass is 79.9. The van der Waals surface area contributed by atoms with Crippen molar-refractivity contribution in [3.8, 4) is 0 Å². The van der Waals surface area contributed by atoms with Crippen LogP contribution in [0.5, 0.6) is 0 Å². The van der Waals surface area contributed by atoms with Crippen molar-refractivity contribution in [2.24, 2.45) is 0 Å². The number of aromatic nitrogens is 2. The summed E-state index contributed by atoms with van der Waals surface area (Å²) >= 11 is 3.18. The molecule has 0 aliphatic heterocycles. The molecular weight excluding hydrogens is 294 g/mol. The van der Waals surface area contributed by atoms with Crippen LogP contribution in [0.3, 0.4) is 0 Å². The van der Waals surface area contributed by atoms with Gasteiger partial charge in [0.1, 0.15) is 0 Å². The summed E-state index contributed by atoms with van der Waals surface area (Å²) in [5.74, 6) is 0. The molecule has 0 bridgehead atoms. The molecule has 0 aromatic carbocycles. The lowest BCUT2D eigenvalue weighted by atomic mass is 10.4. The maximum absolute atomic E-state index is 11.8. The maximum Gasteiger partial charge on any atom is 0.350 e. The second kappa shape index (κ2) is 5.76. The third kappa shape index (κ3) is 2.82. The fourth-order valence-electron chi connectivity index (χ4n) is 1.41. The molecule has 1 rings (SSSR count).